The zero-order chi connectivity index (χ0) is 17.0. The SMILES string of the molecule is CCC(C)C(NC(=O)CNc1ncnc2sc(C)cc12)C(=O)O. The third-order valence-electron chi connectivity index (χ3n) is 3.66. The van der Waals surface area contributed by atoms with Crippen LogP contribution in [0.2, 0.25) is 0 Å². The number of aromatic nitrogens is 2. The van der Waals surface area contributed by atoms with Gasteiger partial charge in [0.2, 0.25) is 5.91 Å². The van der Waals surface area contributed by atoms with Gasteiger partial charge in [-0.1, -0.05) is 20.3 Å². The number of carboxylic acid groups (broad SMARTS) is 1. The molecule has 2 aromatic heterocycles. The van der Waals surface area contributed by atoms with Gasteiger partial charge < -0.3 is 15.7 Å². The Kier molecular flexibility index (Phi) is 5.49. The molecule has 124 valence electrons. The molecule has 2 rings (SSSR count). The number of carbonyl (C=O) groups is 2. The Morgan fingerprint density at radius 1 is 1.39 bits per heavy atom. The lowest BCUT2D eigenvalue weighted by molar-refractivity contribution is -0.143. The van der Waals surface area contributed by atoms with Crippen molar-refractivity contribution >= 4 is 39.2 Å². The van der Waals surface area contributed by atoms with Gasteiger partial charge in [-0.3, -0.25) is 4.79 Å². The van der Waals surface area contributed by atoms with E-state index >= 15 is 0 Å². The highest BCUT2D eigenvalue weighted by atomic mass is 32.1. The van der Waals surface area contributed by atoms with Crippen LogP contribution in [0.15, 0.2) is 12.4 Å². The van der Waals surface area contributed by atoms with Crippen LogP contribution in [0.4, 0.5) is 5.82 Å². The molecule has 3 N–H and O–H groups in total. The summed E-state index contributed by atoms with van der Waals surface area (Å²) in [4.78, 5) is 33.5. The highest BCUT2D eigenvalue weighted by molar-refractivity contribution is 7.18. The predicted octanol–water partition coefficient (Wildman–Crippen LogP) is 2.03. The van der Waals surface area contributed by atoms with Gasteiger partial charge in [-0.05, 0) is 18.9 Å². The summed E-state index contributed by atoms with van der Waals surface area (Å²) in [5, 5.41) is 15.6. The second-order valence-electron chi connectivity index (χ2n) is 5.42. The minimum atomic E-state index is -1.02. The van der Waals surface area contributed by atoms with E-state index < -0.39 is 12.0 Å². The minimum Gasteiger partial charge on any atom is -0.480 e. The van der Waals surface area contributed by atoms with Gasteiger partial charge in [0.05, 0.1) is 11.9 Å². The van der Waals surface area contributed by atoms with Gasteiger partial charge in [-0.25, -0.2) is 14.8 Å². The average Bonchev–Trinajstić information content (AvgIpc) is 2.90. The molecule has 2 unspecified atom stereocenters. The Morgan fingerprint density at radius 3 is 2.78 bits per heavy atom. The predicted molar refractivity (Wildman–Crippen MR) is 89.7 cm³/mol. The number of rotatable bonds is 7. The lowest BCUT2D eigenvalue weighted by Gasteiger charge is -2.20. The van der Waals surface area contributed by atoms with Gasteiger partial charge in [0.25, 0.3) is 0 Å². The molecule has 0 spiro atoms. The smallest absolute Gasteiger partial charge is 0.326 e. The Labute approximate surface area is 138 Å². The lowest BCUT2D eigenvalue weighted by atomic mass is 9.99. The normalized spacial score (nSPS) is 13.5. The zero-order valence-corrected chi connectivity index (χ0v) is 14.1. The Morgan fingerprint density at radius 2 is 2.13 bits per heavy atom. The molecule has 23 heavy (non-hydrogen) atoms. The summed E-state index contributed by atoms with van der Waals surface area (Å²) in [7, 11) is 0. The van der Waals surface area contributed by atoms with Gasteiger partial charge >= 0.3 is 5.97 Å². The molecule has 7 nitrogen and oxygen atoms in total. The third kappa shape index (κ3) is 4.16. The Bertz CT molecular complexity index is 716. The van der Waals surface area contributed by atoms with Crippen LogP contribution in [0.1, 0.15) is 25.1 Å². The van der Waals surface area contributed by atoms with E-state index in [0.29, 0.717) is 12.2 Å². The first-order valence-electron chi connectivity index (χ1n) is 7.39. The molecule has 0 radical (unpaired) electrons. The number of fused-ring (bicyclic) bond motifs is 1. The standard InChI is InChI=1S/C15H20N4O3S/c1-4-8(2)12(15(21)22)19-11(20)6-16-13-10-5-9(3)23-14(10)18-7-17-13/h5,7-8,12H,4,6H2,1-3H3,(H,19,20)(H,21,22)(H,16,17,18). The van der Waals surface area contributed by atoms with E-state index in [4.69, 9.17) is 0 Å². The van der Waals surface area contributed by atoms with Gasteiger partial charge in [-0.2, -0.15) is 0 Å². The van der Waals surface area contributed by atoms with Crippen LogP contribution >= 0.6 is 11.3 Å². The van der Waals surface area contributed by atoms with E-state index in [2.05, 4.69) is 20.6 Å². The van der Waals surface area contributed by atoms with E-state index in [9.17, 15) is 14.7 Å². The molecule has 0 bridgehead atoms. The third-order valence-corrected chi connectivity index (χ3v) is 4.62. The van der Waals surface area contributed by atoms with Crippen LogP contribution in [0.5, 0.6) is 0 Å². The molecule has 0 aliphatic rings. The molecule has 2 heterocycles. The van der Waals surface area contributed by atoms with Crippen molar-refractivity contribution in [3.05, 3.63) is 17.3 Å². The van der Waals surface area contributed by atoms with E-state index in [0.717, 1.165) is 15.1 Å². The topological polar surface area (TPSA) is 104 Å². The van der Waals surface area contributed by atoms with Crippen molar-refractivity contribution in [2.75, 3.05) is 11.9 Å². The molecule has 0 saturated heterocycles. The van der Waals surface area contributed by atoms with Crippen molar-refractivity contribution in [2.24, 2.45) is 5.92 Å². The number of aliphatic carboxylic acids is 1. The maximum Gasteiger partial charge on any atom is 0.326 e. The minimum absolute atomic E-state index is 0.0405. The van der Waals surface area contributed by atoms with Crippen molar-refractivity contribution < 1.29 is 14.7 Å². The first kappa shape index (κ1) is 17.1. The number of nitrogens with zero attached hydrogens (tertiary/aromatic N) is 2. The number of hydrogen-bond donors (Lipinski definition) is 3. The van der Waals surface area contributed by atoms with Crippen LogP contribution in [-0.4, -0.2) is 39.5 Å². The number of aryl methyl sites for hydroxylation is 1. The van der Waals surface area contributed by atoms with Gasteiger partial charge in [0.15, 0.2) is 0 Å². The van der Waals surface area contributed by atoms with E-state index in [1.807, 2.05) is 19.9 Å². The van der Waals surface area contributed by atoms with Crippen LogP contribution in [0, 0.1) is 12.8 Å². The molecule has 0 fully saturated rings. The van der Waals surface area contributed by atoms with Crippen LogP contribution < -0.4 is 10.6 Å². The zero-order valence-electron chi connectivity index (χ0n) is 13.3. The van der Waals surface area contributed by atoms with Crippen molar-refractivity contribution in [3.8, 4) is 0 Å². The summed E-state index contributed by atoms with van der Waals surface area (Å²) in [6.45, 7) is 5.63. The molecular formula is C15H20N4O3S. The van der Waals surface area contributed by atoms with Crippen molar-refractivity contribution in [1.82, 2.24) is 15.3 Å². The van der Waals surface area contributed by atoms with E-state index in [-0.39, 0.29) is 18.4 Å². The fourth-order valence-electron chi connectivity index (χ4n) is 2.19. The molecule has 8 heteroatoms. The number of carbonyl (C=O) groups excluding carboxylic acids is 1. The van der Waals surface area contributed by atoms with Gasteiger partial charge in [-0.15, -0.1) is 11.3 Å². The molecule has 2 aromatic rings. The lowest BCUT2D eigenvalue weighted by Crippen LogP contribution is -2.46. The summed E-state index contributed by atoms with van der Waals surface area (Å²) in [6, 6.07) is 1.07. The fraction of sp³-hybridized carbons (Fsp3) is 0.467. The van der Waals surface area contributed by atoms with Gasteiger partial charge in [0, 0.05) is 4.88 Å². The van der Waals surface area contributed by atoms with Crippen LogP contribution in [-0.2, 0) is 9.59 Å². The monoisotopic (exact) mass is 336 g/mol. The Hall–Kier alpha value is -2.22. The quantitative estimate of drug-likeness (QED) is 0.714. The maximum absolute atomic E-state index is 12.0. The van der Waals surface area contributed by atoms with E-state index in [1.165, 1.54) is 6.33 Å². The molecule has 1 amide bonds. The second-order valence-corrected chi connectivity index (χ2v) is 6.66. The second kappa shape index (κ2) is 7.36. The highest BCUT2D eigenvalue weighted by Crippen LogP contribution is 2.27. The van der Waals surface area contributed by atoms with Crippen molar-refractivity contribution in [2.45, 2.75) is 33.2 Å². The molecule has 2 atom stereocenters. The average molecular weight is 336 g/mol. The molecule has 0 aromatic carbocycles. The summed E-state index contributed by atoms with van der Waals surface area (Å²) in [5.41, 5.74) is 0. The number of amides is 1. The largest absolute Gasteiger partial charge is 0.480 e. The Balaban J connectivity index is 2.01. The summed E-state index contributed by atoms with van der Waals surface area (Å²) < 4.78 is 0. The summed E-state index contributed by atoms with van der Waals surface area (Å²) >= 11 is 1.55. The van der Waals surface area contributed by atoms with Crippen LogP contribution in [0.25, 0.3) is 10.2 Å². The first-order valence-corrected chi connectivity index (χ1v) is 8.21. The highest BCUT2D eigenvalue weighted by Gasteiger charge is 2.25. The fourth-order valence-corrected chi connectivity index (χ4v) is 3.04. The molecule has 0 saturated carbocycles. The van der Waals surface area contributed by atoms with Crippen molar-refractivity contribution in [3.63, 3.8) is 0 Å². The van der Waals surface area contributed by atoms with Crippen LogP contribution in [0.3, 0.4) is 0 Å². The summed E-state index contributed by atoms with van der Waals surface area (Å²) in [5.74, 6) is -0.964. The molecular weight excluding hydrogens is 316 g/mol. The number of hydrogen-bond acceptors (Lipinski definition) is 6. The molecule has 0 aliphatic heterocycles. The number of carboxylic acids is 1. The van der Waals surface area contributed by atoms with E-state index in [1.54, 1.807) is 18.3 Å². The molecule has 0 aliphatic carbocycles. The maximum atomic E-state index is 12.0. The van der Waals surface area contributed by atoms with Gasteiger partial charge in [0.1, 0.15) is 23.0 Å². The van der Waals surface area contributed by atoms with Crippen molar-refractivity contribution in [1.29, 1.82) is 0 Å². The number of anilines is 1. The number of nitrogens with one attached hydrogen (secondary N) is 2. The summed E-state index contributed by atoms with van der Waals surface area (Å²) in [6.07, 6.45) is 2.11. The first-order chi connectivity index (χ1) is 10.9. The number of thiophene rings is 1.